The van der Waals surface area contributed by atoms with Crippen molar-refractivity contribution in [3.8, 4) is 0 Å². The van der Waals surface area contributed by atoms with Crippen LogP contribution in [0.15, 0.2) is 0 Å². The lowest BCUT2D eigenvalue weighted by Crippen LogP contribution is -2.33. The van der Waals surface area contributed by atoms with E-state index in [4.69, 9.17) is 14.2 Å². The molecule has 0 bridgehead atoms. The standard InChI is InChI=1S/C69H136N2O7/c1-4-7-10-13-16-19-22-25-28-31-40-49-64-76-67(73)54-43-34-37-46-57-70(58-47-38-35-44-55-68(74)77-65-50-41-32-29-26-23-20-17-14-11-8-5-2)60-52-61-71(62-53-63-72)59-48-39-36-45-56-69(75)78-66-51-42-33-30-27-24-21-18-15-12-9-6-3/h72H,4-66H2,1-3H3. The maximum absolute atomic E-state index is 12.4. The van der Waals surface area contributed by atoms with E-state index in [2.05, 4.69) is 30.6 Å². The summed E-state index contributed by atoms with van der Waals surface area (Å²) in [6.45, 7) is 15.0. The topological polar surface area (TPSA) is 106 Å². The summed E-state index contributed by atoms with van der Waals surface area (Å²) in [6, 6.07) is 0. The van der Waals surface area contributed by atoms with E-state index in [1.165, 1.54) is 193 Å². The summed E-state index contributed by atoms with van der Waals surface area (Å²) >= 11 is 0. The third-order valence-electron chi connectivity index (χ3n) is 16.2. The molecule has 0 aromatic heterocycles. The molecule has 0 aliphatic carbocycles. The molecule has 0 spiro atoms. The van der Waals surface area contributed by atoms with Crippen LogP contribution in [0.1, 0.15) is 361 Å². The monoisotopic (exact) mass is 1110 g/mol. The van der Waals surface area contributed by atoms with E-state index in [0.717, 1.165) is 168 Å². The number of aliphatic hydroxyl groups excluding tert-OH is 1. The predicted octanol–water partition coefficient (Wildman–Crippen LogP) is 19.9. The van der Waals surface area contributed by atoms with Crippen LogP contribution < -0.4 is 0 Å². The Hall–Kier alpha value is -1.71. The number of ether oxygens (including phenoxy) is 3. The summed E-state index contributed by atoms with van der Waals surface area (Å²) in [5.74, 6) is -0.0933. The van der Waals surface area contributed by atoms with Gasteiger partial charge >= 0.3 is 17.9 Å². The maximum Gasteiger partial charge on any atom is 0.305 e. The number of unbranched alkanes of at least 4 members (excludes halogenated alkanes) is 42. The first-order valence-electron chi connectivity index (χ1n) is 35.0. The first-order chi connectivity index (χ1) is 38.5. The summed E-state index contributed by atoms with van der Waals surface area (Å²) in [4.78, 5) is 42.4. The molecule has 0 saturated carbocycles. The summed E-state index contributed by atoms with van der Waals surface area (Å²) in [6.07, 6.45) is 63.3. The Morgan fingerprint density at radius 3 is 0.679 bits per heavy atom. The van der Waals surface area contributed by atoms with E-state index in [-0.39, 0.29) is 24.5 Å². The van der Waals surface area contributed by atoms with Gasteiger partial charge in [-0.1, -0.05) is 271 Å². The van der Waals surface area contributed by atoms with E-state index < -0.39 is 0 Å². The van der Waals surface area contributed by atoms with Gasteiger partial charge in [-0.2, -0.15) is 0 Å². The van der Waals surface area contributed by atoms with Gasteiger partial charge in [0.25, 0.3) is 0 Å². The molecule has 0 unspecified atom stereocenters. The summed E-state index contributed by atoms with van der Waals surface area (Å²) in [7, 11) is 0. The molecule has 0 aliphatic rings. The highest BCUT2D eigenvalue weighted by molar-refractivity contribution is 5.69. The van der Waals surface area contributed by atoms with Gasteiger partial charge in [0, 0.05) is 32.4 Å². The SMILES string of the molecule is CCCCCCCCCCCCCCOC(=O)CCCCCCN(CCCO)CCCN(CCCCCCC(=O)OCCCCCCCCCCCCCC)CCCCCCC(=O)OCCCCCCCCCCCCCC. The molecule has 9 heteroatoms. The van der Waals surface area contributed by atoms with Gasteiger partial charge in [-0.3, -0.25) is 14.4 Å². The van der Waals surface area contributed by atoms with E-state index in [9.17, 15) is 19.5 Å². The number of carbonyl (C=O) groups is 3. The minimum absolute atomic E-state index is 0.0293. The molecule has 0 amide bonds. The molecular formula is C69H136N2O7. The number of rotatable bonds is 67. The van der Waals surface area contributed by atoms with Crippen LogP contribution in [0.4, 0.5) is 0 Å². The quantitative estimate of drug-likeness (QED) is 0.0362. The fraction of sp³-hybridized carbons (Fsp3) is 0.957. The highest BCUT2D eigenvalue weighted by Gasteiger charge is 2.11. The molecule has 1 N–H and O–H groups in total. The molecule has 0 heterocycles. The fourth-order valence-corrected chi connectivity index (χ4v) is 11.0. The summed E-state index contributed by atoms with van der Waals surface area (Å²) in [5, 5.41) is 9.67. The first-order valence-corrected chi connectivity index (χ1v) is 35.0. The Morgan fingerprint density at radius 2 is 0.436 bits per heavy atom. The second-order valence-corrected chi connectivity index (χ2v) is 23.9. The minimum atomic E-state index is -0.0348. The van der Waals surface area contributed by atoms with Crippen molar-refractivity contribution in [1.82, 2.24) is 9.80 Å². The van der Waals surface area contributed by atoms with Gasteiger partial charge in [0.1, 0.15) is 0 Å². The Bertz CT molecular complexity index is 1150. The highest BCUT2D eigenvalue weighted by Crippen LogP contribution is 2.17. The van der Waals surface area contributed by atoms with Crippen LogP contribution in [0, 0.1) is 0 Å². The molecule has 0 aromatic rings. The molecule has 0 aromatic carbocycles. The largest absolute Gasteiger partial charge is 0.466 e. The van der Waals surface area contributed by atoms with E-state index >= 15 is 0 Å². The minimum Gasteiger partial charge on any atom is -0.466 e. The molecule has 78 heavy (non-hydrogen) atoms. The van der Waals surface area contributed by atoms with Crippen molar-refractivity contribution in [1.29, 1.82) is 0 Å². The van der Waals surface area contributed by atoms with Crippen molar-refractivity contribution in [2.75, 3.05) is 65.7 Å². The zero-order valence-electron chi connectivity index (χ0n) is 52.8. The summed E-state index contributed by atoms with van der Waals surface area (Å²) in [5.41, 5.74) is 0. The lowest BCUT2D eigenvalue weighted by atomic mass is 10.1. The van der Waals surface area contributed by atoms with Gasteiger partial charge in [-0.25, -0.2) is 0 Å². The van der Waals surface area contributed by atoms with Gasteiger partial charge in [-0.15, -0.1) is 0 Å². The van der Waals surface area contributed by atoms with Gasteiger partial charge in [0.05, 0.1) is 19.8 Å². The Morgan fingerprint density at radius 1 is 0.244 bits per heavy atom. The zero-order valence-corrected chi connectivity index (χ0v) is 52.8. The van der Waals surface area contributed by atoms with Crippen LogP contribution in [0.2, 0.25) is 0 Å². The molecule has 9 nitrogen and oxygen atoms in total. The fourth-order valence-electron chi connectivity index (χ4n) is 11.0. The number of carbonyl (C=O) groups excluding carboxylic acids is 3. The highest BCUT2D eigenvalue weighted by atomic mass is 16.5. The van der Waals surface area contributed by atoms with Crippen molar-refractivity contribution < 1.29 is 33.7 Å². The Labute approximate surface area is 486 Å². The van der Waals surface area contributed by atoms with Crippen molar-refractivity contribution >= 4 is 17.9 Å². The lowest BCUT2D eigenvalue weighted by molar-refractivity contribution is -0.144. The van der Waals surface area contributed by atoms with Gasteiger partial charge < -0.3 is 29.1 Å². The molecule has 0 radical (unpaired) electrons. The van der Waals surface area contributed by atoms with Crippen molar-refractivity contribution in [2.45, 2.75) is 361 Å². The number of hydrogen-bond donors (Lipinski definition) is 1. The molecule has 0 fully saturated rings. The van der Waals surface area contributed by atoms with Crippen LogP contribution in [-0.4, -0.2) is 98.5 Å². The average molecular weight is 1110 g/mol. The van der Waals surface area contributed by atoms with Crippen LogP contribution in [0.25, 0.3) is 0 Å². The van der Waals surface area contributed by atoms with Crippen molar-refractivity contribution in [3.63, 3.8) is 0 Å². The average Bonchev–Trinajstić information content (AvgIpc) is 3.44. The molecule has 0 aliphatic heterocycles. The summed E-state index contributed by atoms with van der Waals surface area (Å²) < 4.78 is 16.7. The second kappa shape index (κ2) is 66.1. The molecule has 0 rings (SSSR count). The lowest BCUT2D eigenvalue weighted by Gasteiger charge is -2.26. The van der Waals surface area contributed by atoms with Crippen LogP contribution in [-0.2, 0) is 28.6 Å². The van der Waals surface area contributed by atoms with E-state index in [0.29, 0.717) is 39.1 Å². The smallest absolute Gasteiger partial charge is 0.305 e. The predicted molar refractivity (Wildman–Crippen MR) is 335 cm³/mol. The molecule has 0 saturated heterocycles. The third-order valence-corrected chi connectivity index (χ3v) is 16.2. The number of aliphatic hydroxyl groups is 1. The van der Waals surface area contributed by atoms with E-state index in [1.807, 2.05) is 0 Å². The van der Waals surface area contributed by atoms with Gasteiger partial charge in [0.2, 0.25) is 0 Å². The van der Waals surface area contributed by atoms with Crippen LogP contribution in [0.5, 0.6) is 0 Å². The second-order valence-electron chi connectivity index (χ2n) is 23.9. The van der Waals surface area contributed by atoms with Crippen LogP contribution >= 0.6 is 0 Å². The normalized spacial score (nSPS) is 11.6. The molecular weight excluding hydrogens is 969 g/mol. The third kappa shape index (κ3) is 61.9. The number of hydrogen-bond acceptors (Lipinski definition) is 9. The Balaban J connectivity index is 4.51. The van der Waals surface area contributed by atoms with Crippen molar-refractivity contribution in [3.05, 3.63) is 0 Å². The molecule has 464 valence electrons. The first kappa shape index (κ1) is 76.3. The van der Waals surface area contributed by atoms with Gasteiger partial charge in [0.15, 0.2) is 0 Å². The number of nitrogens with zero attached hydrogens (tertiary/aromatic N) is 2. The number of esters is 3. The Kier molecular flexibility index (Phi) is 64.6. The van der Waals surface area contributed by atoms with E-state index in [1.54, 1.807) is 0 Å². The van der Waals surface area contributed by atoms with Crippen molar-refractivity contribution in [2.24, 2.45) is 0 Å². The molecule has 0 atom stereocenters. The zero-order chi connectivity index (χ0) is 56.6. The van der Waals surface area contributed by atoms with Gasteiger partial charge in [-0.05, 0) is 103 Å². The van der Waals surface area contributed by atoms with Crippen LogP contribution in [0.3, 0.4) is 0 Å². The maximum atomic E-state index is 12.4.